The first-order valence-electron chi connectivity index (χ1n) is 7.11. The number of aryl methyl sites for hydroxylation is 1. The quantitative estimate of drug-likeness (QED) is 0.810. The third-order valence-corrected chi connectivity index (χ3v) is 4.09. The summed E-state index contributed by atoms with van der Waals surface area (Å²) in [6, 6.07) is 0.328. The zero-order valence-electron chi connectivity index (χ0n) is 11.4. The van der Waals surface area contributed by atoms with Crippen LogP contribution in [0.2, 0.25) is 0 Å². The molecule has 0 aromatic carbocycles. The van der Waals surface area contributed by atoms with Gasteiger partial charge in [-0.25, -0.2) is 0 Å². The largest absolute Gasteiger partial charge is 0.381 e. The van der Waals surface area contributed by atoms with Crippen molar-refractivity contribution < 1.29 is 9.53 Å². The lowest BCUT2D eigenvalue weighted by atomic mass is 10.0. The summed E-state index contributed by atoms with van der Waals surface area (Å²) in [7, 11) is 0. The molecule has 19 heavy (non-hydrogen) atoms. The van der Waals surface area contributed by atoms with Crippen molar-refractivity contribution in [1.29, 1.82) is 0 Å². The van der Waals surface area contributed by atoms with Gasteiger partial charge in [0.05, 0.1) is 24.8 Å². The zero-order chi connectivity index (χ0) is 13.2. The third kappa shape index (κ3) is 2.66. The van der Waals surface area contributed by atoms with Gasteiger partial charge in [-0.15, -0.1) is 0 Å². The van der Waals surface area contributed by atoms with Gasteiger partial charge in [0, 0.05) is 25.9 Å². The van der Waals surface area contributed by atoms with E-state index in [4.69, 9.17) is 4.74 Å². The number of likely N-dealkylation sites (tertiary alicyclic amines) is 1. The van der Waals surface area contributed by atoms with Crippen molar-refractivity contribution in [3.8, 4) is 0 Å². The SMILES string of the molecule is Cc1cnn([C@@H]2CCCN(C(=O)[C@H]3CCOC3)C2)c1. The van der Waals surface area contributed by atoms with Crippen molar-refractivity contribution in [2.75, 3.05) is 26.3 Å². The normalized spacial score (nSPS) is 27.7. The van der Waals surface area contributed by atoms with Crippen LogP contribution in [0.15, 0.2) is 12.4 Å². The molecule has 1 amide bonds. The smallest absolute Gasteiger partial charge is 0.228 e. The maximum absolute atomic E-state index is 12.4. The summed E-state index contributed by atoms with van der Waals surface area (Å²) in [5, 5.41) is 4.38. The second kappa shape index (κ2) is 5.33. The number of nitrogens with zero attached hydrogens (tertiary/aromatic N) is 3. The van der Waals surface area contributed by atoms with Crippen LogP contribution in [0.1, 0.15) is 30.9 Å². The Hall–Kier alpha value is -1.36. The van der Waals surface area contributed by atoms with Gasteiger partial charge >= 0.3 is 0 Å². The molecule has 2 aliphatic heterocycles. The summed E-state index contributed by atoms with van der Waals surface area (Å²) in [6.45, 7) is 5.04. The fourth-order valence-electron chi connectivity index (χ4n) is 2.99. The summed E-state index contributed by atoms with van der Waals surface area (Å²) < 4.78 is 7.33. The van der Waals surface area contributed by atoms with Gasteiger partial charge in [0.1, 0.15) is 0 Å². The molecule has 2 atom stereocenters. The molecule has 0 unspecified atom stereocenters. The lowest BCUT2D eigenvalue weighted by Gasteiger charge is -2.34. The molecule has 5 nitrogen and oxygen atoms in total. The van der Waals surface area contributed by atoms with E-state index in [9.17, 15) is 4.79 Å². The van der Waals surface area contributed by atoms with Crippen LogP contribution in [-0.2, 0) is 9.53 Å². The third-order valence-electron chi connectivity index (χ3n) is 4.09. The average molecular weight is 263 g/mol. The van der Waals surface area contributed by atoms with Gasteiger partial charge in [-0.3, -0.25) is 9.48 Å². The Morgan fingerprint density at radius 3 is 3.05 bits per heavy atom. The van der Waals surface area contributed by atoms with Crippen molar-refractivity contribution in [2.45, 2.75) is 32.2 Å². The molecule has 2 saturated heterocycles. The molecule has 1 aromatic rings. The number of piperidine rings is 1. The average Bonchev–Trinajstić information content (AvgIpc) is 3.09. The van der Waals surface area contributed by atoms with Gasteiger partial charge < -0.3 is 9.64 Å². The van der Waals surface area contributed by atoms with E-state index >= 15 is 0 Å². The molecule has 0 radical (unpaired) electrons. The molecular weight excluding hydrogens is 242 g/mol. The number of hydrogen-bond acceptors (Lipinski definition) is 3. The van der Waals surface area contributed by atoms with Crippen LogP contribution >= 0.6 is 0 Å². The Morgan fingerprint density at radius 2 is 2.37 bits per heavy atom. The van der Waals surface area contributed by atoms with Crippen LogP contribution in [0.4, 0.5) is 0 Å². The van der Waals surface area contributed by atoms with E-state index in [1.165, 1.54) is 5.56 Å². The highest BCUT2D eigenvalue weighted by Gasteiger charge is 2.31. The molecule has 1 aromatic heterocycles. The van der Waals surface area contributed by atoms with Gasteiger partial charge in [0.2, 0.25) is 5.91 Å². The molecule has 0 bridgehead atoms. The highest BCUT2D eigenvalue weighted by Crippen LogP contribution is 2.24. The first kappa shape index (κ1) is 12.7. The van der Waals surface area contributed by atoms with E-state index in [1.54, 1.807) is 0 Å². The summed E-state index contributed by atoms with van der Waals surface area (Å²) in [5.41, 5.74) is 1.17. The molecular formula is C14H21N3O2. The molecule has 104 valence electrons. The van der Waals surface area contributed by atoms with E-state index in [2.05, 4.69) is 11.3 Å². The first-order valence-corrected chi connectivity index (χ1v) is 7.11. The minimum absolute atomic E-state index is 0.0816. The lowest BCUT2D eigenvalue weighted by molar-refractivity contribution is -0.137. The van der Waals surface area contributed by atoms with Crippen LogP contribution < -0.4 is 0 Å². The second-order valence-corrected chi connectivity index (χ2v) is 5.64. The van der Waals surface area contributed by atoms with Crippen molar-refractivity contribution in [2.24, 2.45) is 5.92 Å². The van der Waals surface area contributed by atoms with Gasteiger partial charge in [-0.1, -0.05) is 0 Å². The minimum Gasteiger partial charge on any atom is -0.381 e. The second-order valence-electron chi connectivity index (χ2n) is 5.64. The Bertz CT molecular complexity index is 451. The lowest BCUT2D eigenvalue weighted by Crippen LogP contribution is -2.43. The van der Waals surface area contributed by atoms with Crippen LogP contribution in [0.25, 0.3) is 0 Å². The summed E-state index contributed by atoms with van der Waals surface area (Å²) in [6.07, 6.45) is 6.98. The topological polar surface area (TPSA) is 47.4 Å². The van der Waals surface area contributed by atoms with Crippen LogP contribution in [0, 0.1) is 12.8 Å². The Labute approximate surface area is 113 Å². The number of hydrogen-bond donors (Lipinski definition) is 0. The van der Waals surface area contributed by atoms with Gasteiger partial charge in [-0.05, 0) is 31.7 Å². The van der Waals surface area contributed by atoms with Crippen molar-refractivity contribution in [3.05, 3.63) is 18.0 Å². The monoisotopic (exact) mass is 263 g/mol. The summed E-state index contributed by atoms with van der Waals surface area (Å²) in [4.78, 5) is 14.4. The molecule has 3 heterocycles. The van der Waals surface area contributed by atoms with Crippen molar-refractivity contribution >= 4 is 5.91 Å². The number of carbonyl (C=O) groups is 1. The maximum Gasteiger partial charge on any atom is 0.228 e. The van der Waals surface area contributed by atoms with E-state index in [0.29, 0.717) is 12.6 Å². The fourth-order valence-corrected chi connectivity index (χ4v) is 2.99. The molecule has 5 heteroatoms. The molecule has 3 rings (SSSR count). The highest BCUT2D eigenvalue weighted by molar-refractivity contribution is 5.79. The molecule has 2 fully saturated rings. The minimum atomic E-state index is 0.0816. The fraction of sp³-hybridized carbons (Fsp3) is 0.714. The Kier molecular flexibility index (Phi) is 3.55. The Balaban J connectivity index is 1.65. The number of ether oxygens (including phenoxy) is 1. The standard InChI is InChI=1S/C14H21N3O2/c1-11-7-15-17(8-11)13-3-2-5-16(9-13)14(18)12-4-6-19-10-12/h7-8,12-13H,2-6,9-10H2,1H3/t12-,13+/m0/s1. The first-order chi connectivity index (χ1) is 9.24. The van der Waals surface area contributed by atoms with Crippen LogP contribution in [0.3, 0.4) is 0 Å². The predicted octanol–water partition coefficient (Wildman–Crippen LogP) is 1.39. The van der Waals surface area contributed by atoms with Gasteiger partial charge in [0.25, 0.3) is 0 Å². The van der Waals surface area contributed by atoms with E-state index < -0.39 is 0 Å². The van der Waals surface area contributed by atoms with E-state index in [-0.39, 0.29) is 11.8 Å². The molecule has 0 spiro atoms. The molecule has 0 saturated carbocycles. The number of amides is 1. The molecule has 2 aliphatic rings. The Morgan fingerprint density at radius 1 is 1.47 bits per heavy atom. The summed E-state index contributed by atoms with van der Waals surface area (Å²) in [5.74, 6) is 0.351. The van der Waals surface area contributed by atoms with E-state index in [0.717, 1.165) is 39.0 Å². The van der Waals surface area contributed by atoms with Gasteiger partial charge in [-0.2, -0.15) is 5.10 Å². The van der Waals surface area contributed by atoms with Crippen molar-refractivity contribution in [3.63, 3.8) is 0 Å². The number of rotatable bonds is 2. The number of aromatic nitrogens is 2. The van der Waals surface area contributed by atoms with E-state index in [1.807, 2.05) is 22.7 Å². The predicted molar refractivity (Wildman–Crippen MR) is 70.7 cm³/mol. The maximum atomic E-state index is 12.4. The van der Waals surface area contributed by atoms with Crippen molar-refractivity contribution in [1.82, 2.24) is 14.7 Å². The number of carbonyl (C=O) groups excluding carboxylic acids is 1. The van der Waals surface area contributed by atoms with Crippen LogP contribution in [0.5, 0.6) is 0 Å². The molecule has 0 N–H and O–H groups in total. The highest BCUT2D eigenvalue weighted by atomic mass is 16.5. The van der Waals surface area contributed by atoms with Gasteiger partial charge in [0.15, 0.2) is 0 Å². The zero-order valence-corrected chi connectivity index (χ0v) is 11.4. The summed E-state index contributed by atoms with van der Waals surface area (Å²) >= 11 is 0. The molecule has 0 aliphatic carbocycles. The van der Waals surface area contributed by atoms with Crippen LogP contribution in [-0.4, -0.2) is 46.9 Å².